The molecular formula is C17H26N2O4. The summed E-state index contributed by atoms with van der Waals surface area (Å²) in [7, 11) is 0. The molecule has 1 aromatic carbocycles. The maximum Gasteiger partial charge on any atom is 0.234 e. The van der Waals surface area contributed by atoms with Gasteiger partial charge in [0, 0.05) is 6.54 Å². The van der Waals surface area contributed by atoms with Crippen LogP contribution in [0.3, 0.4) is 0 Å². The Hall–Kier alpha value is -1.79. The summed E-state index contributed by atoms with van der Waals surface area (Å²) in [5, 5.41) is 11.9. The van der Waals surface area contributed by atoms with Crippen molar-refractivity contribution in [2.45, 2.75) is 25.9 Å². The zero-order chi connectivity index (χ0) is 16.5. The predicted molar refractivity (Wildman–Crippen MR) is 87.8 cm³/mol. The molecule has 0 spiro atoms. The number of rotatable bonds is 9. The van der Waals surface area contributed by atoms with Gasteiger partial charge in [0.05, 0.1) is 19.7 Å². The van der Waals surface area contributed by atoms with Crippen LogP contribution < -0.4 is 14.8 Å². The number of amides is 1. The van der Waals surface area contributed by atoms with Crippen LogP contribution in [-0.2, 0) is 4.79 Å². The van der Waals surface area contributed by atoms with Crippen LogP contribution in [0.15, 0.2) is 24.3 Å². The average Bonchev–Trinajstić information content (AvgIpc) is 2.58. The van der Waals surface area contributed by atoms with Crippen molar-refractivity contribution in [3.05, 3.63) is 24.3 Å². The van der Waals surface area contributed by atoms with Gasteiger partial charge in [0.15, 0.2) is 11.5 Å². The number of benzene rings is 1. The highest BCUT2D eigenvalue weighted by molar-refractivity contribution is 5.78. The number of aliphatic hydroxyl groups is 1. The Morgan fingerprint density at radius 1 is 1.35 bits per heavy atom. The Morgan fingerprint density at radius 2 is 2.13 bits per heavy atom. The van der Waals surface area contributed by atoms with Gasteiger partial charge < -0.3 is 19.9 Å². The topological polar surface area (TPSA) is 71.0 Å². The van der Waals surface area contributed by atoms with Gasteiger partial charge >= 0.3 is 0 Å². The van der Waals surface area contributed by atoms with Gasteiger partial charge in [0.25, 0.3) is 0 Å². The van der Waals surface area contributed by atoms with E-state index in [0.29, 0.717) is 32.0 Å². The summed E-state index contributed by atoms with van der Waals surface area (Å²) in [4.78, 5) is 14.0. The van der Waals surface area contributed by atoms with Gasteiger partial charge in [-0.3, -0.25) is 9.69 Å². The lowest BCUT2D eigenvalue weighted by atomic mass is 10.2. The minimum absolute atomic E-state index is 0.0583. The lowest BCUT2D eigenvalue weighted by Gasteiger charge is -2.27. The molecule has 0 aromatic heterocycles. The smallest absolute Gasteiger partial charge is 0.234 e. The summed E-state index contributed by atoms with van der Waals surface area (Å²) < 4.78 is 11.4. The van der Waals surface area contributed by atoms with E-state index in [-0.39, 0.29) is 18.6 Å². The second kappa shape index (κ2) is 9.37. The third-order valence-electron chi connectivity index (χ3n) is 3.71. The molecule has 1 amide bonds. The van der Waals surface area contributed by atoms with Gasteiger partial charge in [-0.2, -0.15) is 0 Å². The van der Waals surface area contributed by atoms with Crippen LogP contribution in [0.5, 0.6) is 11.5 Å². The van der Waals surface area contributed by atoms with Crippen molar-refractivity contribution in [3.63, 3.8) is 0 Å². The first kappa shape index (κ1) is 17.6. The third-order valence-corrected chi connectivity index (χ3v) is 3.71. The van der Waals surface area contributed by atoms with Crippen molar-refractivity contribution in [2.75, 3.05) is 39.4 Å². The highest BCUT2D eigenvalue weighted by Crippen LogP contribution is 2.30. The molecule has 0 saturated carbocycles. The first-order valence-corrected chi connectivity index (χ1v) is 8.21. The molecule has 0 aliphatic carbocycles. The summed E-state index contributed by atoms with van der Waals surface area (Å²) in [6.07, 6.45) is 1.90. The maximum absolute atomic E-state index is 12.0. The molecule has 1 aliphatic heterocycles. The Labute approximate surface area is 137 Å². The Bertz CT molecular complexity index is 495. The fourth-order valence-electron chi connectivity index (χ4n) is 2.44. The van der Waals surface area contributed by atoms with E-state index in [2.05, 4.69) is 12.2 Å². The highest BCUT2D eigenvalue weighted by atomic mass is 16.6. The van der Waals surface area contributed by atoms with Crippen LogP contribution in [0.1, 0.15) is 19.8 Å². The van der Waals surface area contributed by atoms with Gasteiger partial charge in [-0.1, -0.05) is 25.5 Å². The zero-order valence-electron chi connectivity index (χ0n) is 13.7. The molecule has 0 saturated heterocycles. The largest absolute Gasteiger partial charge is 0.486 e. The van der Waals surface area contributed by atoms with Crippen molar-refractivity contribution in [1.82, 2.24) is 10.2 Å². The molecule has 1 heterocycles. The van der Waals surface area contributed by atoms with Crippen LogP contribution >= 0.6 is 0 Å². The van der Waals surface area contributed by atoms with E-state index in [4.69, 9.17) is 14.6 Å². The molecule has 0 bridgehead atoms. The van der Waals surface area contributed by atoms with Gasteiger partial charge in [0.1, 0.15) is 12.7 Å². The number of aliphatic hydroxyl groups excluding tert-OH is 1. The van der Waals surface area contributed by atoms with Crippen molar-refractivity contribution < 1.29 is 19.4 Å². The van der Waals surface area contributed by atoms with Gasteiger partial charge in [-0.15, -0.1) is 0 Å². The molecule has 23 heavy (non-hydrogen) atoms. The normalized spacial score (nSPS) is 16.4. The Balaban J connectivity index is 1.74. The Morgan fingerprint density at radius 3 is 2.87 bits per heavy atom. The lowest BCUT2D eigenvalue weighted by molar-refractivity contribution is -0.122. The number of carbonyl (C=O) groups is 1. The number of nitrogens with zero attached hydrogens (tertiary/aromatic N) is 1. The first-order valence-electron chi connectivity index (χ1n) is 8.21. The van der Waals surface area contributed by atoms with E-state index in [1.807, 2.05) is 29.2 Å². The van der Waals surface area contributed by atoms with Crippen molar-refractivity contribution in [2.24, 2.45) is 0 Å². The molecule has 6 nitrogen and oxygen atoms in total. The van der Waals surface area contributed by atoms with Crippen molar-refractivity contribution >= 4 is 5.91 Å². The summed E-state index contributed by atoms with van der Waals surface area (Å²) in [6.45, 7) is 4.64. The zero-order valence-corrected chi connectivity index (χ0v) is 13.7. The van der Waals surface area contributed by atoms with E-state index in [0.717, 1.165) is 25.1 Å². The monoisotopic (exact) mass is 322 g/mol. The van der Waals surface area contributed by atoms with E-state index in [1.165, 1.54) is 0 Å². The number of para-hydroxylation sites is 2. The van der Waals surface area contributed by atoms with Gasteiger partial charge in [-0.25, -0.2) is 0 Å². The SMILES string of the molecule is CCCCN(CCO)CC(=O)NC[C@@H]1COc2ccccc2O1. The molecule has 128 valence electrons. The number of carbonyl (C=O) groups excluding carboxylic acids is 1. The van der Waals surface area contributed by atoms with Crippen LogP contribution in [0.2, 0.25) is 0 Å². The average molecular weight is 322 g/mol. The van der Waals surface area contributed by atoms with Crippen LogP contribution in [0.25, 0.3) is 0 Å². The summed E-state index contributed by atoms with van der Waals surface area (Å²) >= 11 is 0. The number of fused-ring (bicyclic) bond motifs is 1. The third kappa shape index (κ3) is 5.73. The molecule has 2 rings (SSSR count). The predicted octanol–water partition coefficient (Wildman–Crippen LogP) is 1.04. The number of hydrogen-bond donors (Lipinski definition) is 2. The van der Waals surface area contributed by atoms with Crippen LogP contribution in [0, 0.1) is 0 Å². The van der Waals surface area contributed by atoms with Crippen molar-refractivity contribution in [1.29, 1.82) is 0 Å². The molecule has 0 fully saturated rings. The standard InChI is InChI=1S/C17H26N2O4/c1-2-3-8-19(9-10-20)12-17(21)18-11-14-13-22-15-6-4-5-7-16(15)23-14/h4-7,14,20H,2-3,8-13H2,1H3,(H,18,21)/t14-/m1/s1. The highest BCUT2D eigenvalue weighted by Gasteiger charge is 2.21. The fraction of sp³-hybridized carbons (Fsp3) is 0.588. The quantitative estimate of drug-likeness (QED) is 0.711. The number of nitrogens with one attached hydrogen (secondary N) is 1. The van der Waals surface area contributed by atoms with Gasteiger partial charge in [0.2, 0.25) is 5.91 Å². The van der Waals surface area contributed by atoms with E-state index in [9.17, 15) is 4.79 Å². The summed E-state index contributed by atoms with van der Waals surface area (Å²) in [6, 6.07) is 7.52. The number of hydrogen-bond acceptors (Lipinski definition) is 5. The molecular weight excluding hydrogens is 296 g/mol. The van der Waals surface area contributed by atoms with E-state index in [1.54, 1.807) is 0 Å². The van der Waals surface area contributed by atoms with Crippen LogP contribution in [-0.4, -0.2) is 61.4 Å². The summed E-state index contributed by atoms with van der Waals surface area (Å²) in [5.74, 6) is 1.39. The maximum atomic E-state index is 12.0. The molecule has 0 radical (unpaired) electrons. The molecule has 1 aromatic rings. The van der Waals surface area contributed by atoms with Crippen LogP contribution in [0.4, 0.5) is 0 Å². The van der Waals surface area contributed by atoms with Gasteiger partial charge in [-0.05, 0) is 25.1 Å². The summed E-state index contributed by atoms with van der Waals surface area (Å²) in [5.41, 5.74) is 0. The lowest BCUT2D eigenvalue weighted by Crippen LogP contribution is -2.44. The second-order valence-electron chi connectivity index (χ2n) is 5.65. The first-order chi connectivity index (χ1) is 11.2. The number of unbranched alkanes of at least 4 members (excludes halogenated alkanes) is 1. The fourth-order valence-corrected chi connectivity index (χ4v) is 2.44. The molecule has 6 heteroatoms. The molecule has 1 aliphatic rings. The van der Waals surface area contributed by atoms with E-state index >= 15 is 0 Å². The molecule has 0 unspecified atom stereocenters. The second-order valence-corrected chi connectivity index (χ2v) is 5.65. The minimum atomic E-state index is -0.184. The van der Waals surface area contributed by atoms with Crippen molar-refractivity contribution in [3.8, 4) is 11.5 Å². The Kier molecular flexibility index (Phi) is 7.16. The van der Waals surface area contributed by atoms with E-state index < -0.39 is 0 Å². The molecule has 2 N–H and O–H groups in total. The molecule has 1 atom stereocenters. The number of ether oxygens (including phenoxy) is 2. The minimum Gasteiger partial charge on any atom is -0.486 e.